The molecule has 2 heterocycles. The number of piperazine rings is 1. The molecule has 3 aromatic rings. The number of hydrogen-bond acceptors (Lipinski definition) is 8. The van der Waals surface area contributed by atoms with E-state index in [4.69, 9.17) is 26.1 Å². The first kappa shape index (κ1) is 22.1. The second-order valence-electron chi connectivity index (χ2n) is 7.30. The zero-order valence-corrected chi connectivity index (χ0v) is 19.3. The van der Waals surface area contributed by atoms with Crippen molar-refractivity contribution in [2.24, 2.45) is 0 Å². The minimum Gasteiger partial charge on any atom is -0.493 e. The molecule has 0 aliphatic carbocycles. The first-order chi connectivity index (χ1) is 15.3. The van der Waals surface area contributed by atoms with Crippen LogP contribution in [0.4, 0.5) is 10.8 Å². The van der Waals surface area contributed by atoms with Crippen molar-refractivity contribution in [1.29, 1.82) is 0 Å². The number of nitrogens with zero attached hydrogens (tertiary/aromatic N) is 4. The molecule has 0 saturated carbocycles. The highest BCUT2D eigenvalue weighted by Gasteiger charge is 2.30. The summed E-state index contributed by atoms with van der Waals surface area (Å²) in [5.41, 5.74) is 1.60. The summed E-state index contributed by atoms with van der Waals surface area (Å²) < 4.78 is 11.3. The summed E-state index contributed by atoms with van der Waals surface area (Å²) in [4.78, 5) is 32.6. The third-order valence-corrected chi connectivity index (χ3v) is 7.03. The molecule has 1 fully saturated rings. The van der Waals surface area contributed by atoms with Crippen LogP contribution in [0.1, 0.15) is 15.9 Å². The Labute approximate surface area is 193 Å². The standard InChI is InChI=1S/C21H21ClN4O5S/c1-12-4-5-14(22)19-18(12)23-21(32-19)25-8-6-24(7-9-25)20(27)13-10-16(30-2)17(31-3)11-15(13)26(28)29/h4-5,10-11H,6-9H2,1-3H3. The van der Waals surface area contributed by atoms with Crippen LogP contribution in [0, 0.1) is 17.0 Å². The number of halogens is 1. The molecule has 1 aromatic heterocycles. The van der Waals surface area contributed by atoms with Crippen molar-refractivity contribution in [2.75, 3.05) is 45.3 Å². The molecule has 11 heteroatoms. The number of carbonyl (C=O) groups excluding carboxylic acids is 1. The number of fused-ring (bicyclic) bond motifs is 1. The van der Waals surface area contributed by atoms with Gasteiger partial charge in [-0.1, -0.05) is 29.0 Å². The fourth-order valence-electron chi connectivity index (χ4n) is 3.69. The predicted molar refractivity (Wildman–Crippen MR) is 124 cm³/mol. The summed E-state index contributed by atoms with van der Waals surface area (Å²) in [6.45, 7) is 3.93. The van der Waals surface area contributed by atoms with Crippen molar-refractivity contribution in [1.82, 2.24) is 9.88 Å². The number of hydrogen-bond donors (Lipinski definition) is 0. The van der Waals surface area contributed by atoms with Crippen LogP contribution in [0.15, 0.2) is 24.3 Å². The summed E-state index contributed by atoms with van der Waals surface area (Å²) in [6, 6.07) is 6.40. The van der Waals surface area contributed by atoms with Crippen molar-refractivity contribution in [3.63, 3.8) is 0 Å². The molecule has 0 bridgehead atoms. The molecule has 1 aliphatic heterocycles. The second kappa shape index (κ2) is 8.79. The quantitative estimate of drug-likeness (QED) is 0.403. The number of methoxy groups -OCH3 is 2. The number of anilines is 1. The van der Waals surface area contributed by atoms with Gasteiger partial charge in [0.2, 0.25) is 0 Å². The Bertz CT molecular complexity index is 1170. The van der Waals surface area contributed by atoms with Crippen LogP contribution in [0.2, 0.25) is 5.02 Å². The van der Waals surface area contributed by atoms with Gasteiger partial charge in [0.15, 0.2) is 16.6 Å². The molecule has 0 spiro atoms. The number of amides is 1. The largest absolute Gasteiger partial charge is 0.493 e. The molecule has 168 valence electrons. The summed E-state index contributed by atoms with van der Waals surface area (Å²) in [5.74, 6) is 0.0488. The summed E-state index contributed by atoms with van der Waals surface area (Å²) >= 11 is 7.85. The third-order valence-electron chi connectivity index (χ3n) is 5.45. The van der Waals surface area contributed by atoms with Crippen LogP contribution in [0.3, 0.4) is 0 Å². The van der Waals surface area contributed by atoms with E-state index in [1.165, 1.54) is 37.7 Å². The predicted octanol–water partition coefficient (Wildman–Crippen LogP) is 4.15. The Morgan fingerprint density at radius 2 is 1.81 bits per heavy atom. The Morgan fingerprint density at radius 1 is 1.16 bits per heavy atom. The first-order valence-corrected chi connectivity index (χ1v) is 11.0. The number of nitro groups is 1. The zero-order valence-electron chi connectivity index (χ0n) is 17.8. The first-order valence-electron chi connectivity index (χ1n) is 9.84. The molecule has 0 radical (unpaired) electrons. The average Bonchev–Trinajstić information content (AvgIpc) is 3.27. The average molecular weight is 477 g/mol. The lowest BCUT2D eigenvalue weighted by atomic mass is 10.1. The Hall–Kier alpha value is -3.11. The fourth-order valence-corrected chi connectivity index (χ4v) is 5.06. The molecule has 9 nitrogen and oxygen atoms in total. The molecular weight excluding hydrogens is 456 g/mol. The minimum absolute atomic E-state index is 0.0245. The van der Waals surface area contributed by atoms with Crippen molar-refractivity contribution in [3.05, 3.63) is 50.5 Å². The zero-order chi connectivity index (χ0) is 23.0. The van der Waals surface area contributed by atoms with E-state index in [-0.39, 0.29) is 22.7 Å². The topological polar surface area (TPSA) is 98.0 Å². The monoisotopic (exact) mass is 476 g/mol. The van der Waals surface area contributed by atoms with E-state index in [2.05, 4.69) is 4.90 Å². The minimum atomic E-state index is -0.585. The van der Waals surface area contributed by atoms with Crippen molar-refractivity contribution < 1.29 is 19.2 Å². The van der Waals surface area contributed by atoms with E-state index in [0.717, 1.165) is 20.9 Å². The maximum atomic E-state index is 13.1. The highest BCUT2D eigenvalue weighted by molar-refractivity contribution is 7.22. The Kier molecular flexibility index (Phi) is 6.07. The van der Waals surface area contributed by atoms with E-state index in [0.29, 0.717) is 31.2 Å². The lowest BCUT2D eigenvalue weighted by Crippen LogP contribution is -2.48. The number of nitro benzene ring substituents is 1. The van der Waals surface area contributed by atoms with Crippen molar-refractivity contribution in [3.8, 4) is 11.5 Å². The van der Waals surface area contributed by atoms with Gasteiger partial charge in [0.1, 0.15) is 5.56 Å². The number of aromatic nitrogens is 1. The summed E-state index contributed by atoms with van der Waals surface area (Å²) in [7, 11) is 2.81. The van der Waals surface area contributed by atoms with E-state index in [1.54, 1.807) is 4.90 Å². The van der Waals surface area contributed by atoms with Crippen LogP contribution in [0.5, 0.6) is 11.5 Å². The van der Waals surface area contributed by atoms with Gasteiger partial charge in [0, 0.05) is 32.2 Å². The third kappa shape index (κ3) is 3.91. The van der Waals surface area contributed by atoms with Crippen LogP contribution >= 0.6 is 22.9 Å². The van der Waals surface area contributed by atoms with Gasteiger partial charge < -0.3 is 19.3 Å². The number of carbonyl (C=O) groups is 1. The Morgan fingerprint density at radius 3 is 2.41 bits per heavy atom. The SMILES string of the molecule is COc1cc(C(=O)N2CCN(c3nc4c(C)ccc(Cl)c4s3)CC2)c([N+](=O)[O-])cc1OC. The van der Waals surface area contributed by atoms with Gasteiger partial charge in [-0.3, -0.25) is 14.9 Å². The number of thiazole rings is 1. The number of ether oxygens (including phenoxy) is 2. The summed E-state index contributed by atoms with van der Waals surface area (Å²) in [5, 5.41) is 13.1. The van der Waals surface area contributed by atoms with Gasteiger partial charge in [0.05, 0.1) is 40.4 Å². The normalized spacial score (nSPS) is 14.0. The van der Waals surface area contributed by atoms with Gasteiger partial charge >= 0.3 is 0 Å². The van der Waals surface area contributed by atoms with Crippen molar-refractivity contribution in [2.45, 2.75) is 6.92 Å². The molecular formula is C21H21ClN4O5S. The fraction of sp³-hybridized carbons (Fsp3) is 0.333. The van der Waals surface area contributed by atoms with Gasteiger partial charge in [-0.05, 0) is 18.6 Å². The maximum absolute atomic E-state index is 13.1. The molecule has 4 rings (SSSR count). The smallest absolute Gasteiger partial charge is 0.286 e. The van der Waals surface area contributed by atoms with Gasteiger partial charge in [-0.15, -0.1) is 0 Å². The molecule has 0 N–H and O–H groups in total. The van der Waals surface area contributed by atoms with E-state index in [9.17, 15) is 14.9 Å². The lowest BCUT2D eigenvalue weighted by molar-refractivity contribution is -0.385. The van der Waals surface area contributed by atoms with Gasteiger partial charge in [-0.25, -0.2) is 4.98 Å². The van der Waals surface area contributed by atoms with Crippen molar-refractivity contribution >= 4 is 49.9 Å². The van der Waals surface area contributed by atoms with E-state index in [1.807, 2.05) is 19.1 Å². The van der Waals surface area contributed by atoms with Crippen LogP contribution in [-0.4, -0.2) is 61.1 Å². The lowest BCUT2D eigenvalue weighted by Gasteiger charge is -2.34. The highest BCUT2D eigenvalue weighted by Crippen LogP contribution is 2.37. The molecule has 32 heavy (non-hydrogen) atoms. The molecule has 1 aliphatic rings. The second-order valence-corrected chi connectivity index (χ2v) is 8.68. The van der Waals surface area contributed by atoms with E-state index < -0.39 is 10.8 Å². The molecule has 0 unspecified atom stereocenters. The molecule has 1 saturated heterocycles. The molecule has 1 amide bonds. The summed E-state index contributed by atoms with van der Waals surface area (Å²) in [6.07, 6.45) is 0. The Balaban J connectivity index is 1.55. The molecule has 2 aromatic carbocycles. The van der Waals surface area contributed by atoms with E-state index >= 15 is 0 Å². The van der Waals surface area contributed by atoms with Gasteiger partial charge in [-0.2, -0.15) is 0 Å². The van der Waals surface area contributed by atoms with Gasteiger partial charge in [0.25, 0.3) is 11.6 Å². The molecule has 0 atom stereocenters. The number of rotatable bonds is 5. The number of benzene rings is 2. The highest BCUT2D eigenvalue weighted by atomic mass is 35.5. The number of aryl methyl sites for hydroxylation is 1. The van der Waals surface area contributed by atoms with Crippen LogP contribution in [0.25, 0.3) is 10.2 Å². The van der Waals surface area contributed by atoms with Crippen LogP contribution < -0.4 is 14.4 Å². The maximum Gasteiger partial charge on any atom is 0.286 e. The van der Waals surface area contributed by atoms with Crippen LogP contribution in [-0.2, 0) is 0 Å².